The van der Waals surface area contributed by atoms with Crippen molar-refractivity contribution in [3.8, 4) is 5.75 Å². The van der Waals surface area contributed by atoms with E-state index in [1.54, 1.807) is 18.1 Å². The summed E-state index contributed by atoms with van der Waals surface area (Å²) >= 11 is 1.22. The Morgan fingerprint density at radius 3 is 2.31 bits per heavy atom. The molecule has 0 aromatic heterocycles. The van der Waals surface area contributed by atoms with Gasteiger partial charge in [0.1, 0.15) is 5.75 Å². The predicted octanol–water partition coefficient (Wildman–Crippen LogP) is 4.30. The van der Waals surface area contributed by atoms with Crippen molar-refractivity contribution < 1.29 is 22.7 Å². The number of thioether (sulfide) groups is 1. The molecule has 0 saturated carbocycles. The second kappa shape index (κ2) is 9.43. The molecule has 0 N–H and O–H groups in total. The minimum atomic E-state index is -4.38. The molecule has 1 aliphatic rings. The maximum Gasteiger partial charge on any atom is 0.416 e. The van der Waals surface area contributed by atoms with Crippen molar-refractivity contribution in [3.63, 3.8) is 0 Å². The first kappa shape index (κ1) is 21.4. The lowest BCUT2D eigenvalue weighted by molar-refractivity contribution is -0.138. The Bertz CT molecular complexity index is 819. The molecule has 1 saturated heterocycles. The molecule has 0 radical (unpaired) electrons. The van der Waals surface area contributed by atoms with E-state index in [0.29, 0.717) is 13.1 Å². The van der Waals surface area contributed by atoms with Gasteiger partial charge in [0.25, 0.3) is 0 Å². The van der Waals surface area contributed by atoms with E-state index in [2.05, 4.69) is 4.90 Å². The van der Waals surface area contributed by atoms with Gasteiger partial charge in [0, 0.05) is 37.6 Å². The lowest BCUT2D eigenvalue weighted by Crippen LogP contribution is -2.49. The lowest BCUT2D eigenvalue weighted by atomic mass is 10.1. The summed E-state index contributed by atoms with van der Waals surface area (Å²) < 4.78 is 44.3. The van der Waals surface area contributed by atoms with Crippen LogP contribution in [0.1, 0.15) is 11.1 Å². The standard InChI is InChI=1S/C21H23F3N2O2S/c1-28-18-8-6-17(7-9-18)25-10-12-26(13-11-25)20(27)15-29-14-16-4-2-3-5-19(16)21(22,23)24/h2-9H,10-15H2,1H3. The zero-order valence-electron chi connectivity index (χ0n) is 16.1. The Morgan fingerprint density at radius 1 is 1.03 bits per heavy atom. The molecule has 4 nitrogen and oxygen atoms in total. The van der Waals surface area contributed by atoms with Gasteiger partial charge in [0.2, 0.25) is 5.91 Å². The van der Waals surface area contributed by atoms with Gasteiger partial charge in [-0.1, -0.05) is 18.2 Å². The SMILES string of the molecule is COc1ccc(N2CCN(C(=O)CSCc3ccccc3C(F)(F)F)CC2)cc1. The molecule has 29 heavy (non-hydrogen) atoms. The van der Waals surface area contributed by atoms with Gasteiger partial charge in [0.15, 0.2) is 0 Å². The smallest absolute Gasteiger partial charge is 0.416 e. The first-order chi connectivity index (χ1) is 13.9. The monoisotopic (exact) mass is 424 g/mol. The number of benzene rings is 2. The van der Waals surface area contributed by atoms with Crippen molar-refractivity contribution in [2.45, 2.75) is 11.9 Å². The highest BCUT2D eigenvalue weighted by molar-refractivity contribution is 7.99. The van der Waals surface area contributed by atoms with Crippen LogP contribution >= 0.6 is 11.8 Å². The average Bonchev–Trinajstić information content (AvgIpc) is 2.73. The average molecular weight is 424 g/mol. The van der Waals surface area contributed by atoms with E-state index in [-0.39, 0.29) is 23.0 Å². The maximum absolute atomic E-state index is 13.0. The molecule has 0 bridgehead atoms. The van der Waals surface area contributed by atoms with Crippen LogP contribution in [-0.2, 0) is 16.7 Å². The van der Waals surface area contributed by atoms with E-state index in [9.17, 15) is 18.0 Å². The maximum atomic E-state index is 13.0. The second-order valence-corrected chi connectivity index (χ2v) is 7.70. The first-order valence-electron chi connectivity index (χ1n) is 9.28. The predicted molar refractivity (Wildman–Crippen MR) is 109 cm³/mol. The number of piperazine rings is 1. The third-order valence-electron chi connectivity index (χ3n) is 4.88. The van der Waals surface area contributed by atoms with E-state index in [1.165, 1.54) is 23.9 Å². The molecule has 0 spiro atoms. The van der Waals surface area contributed by atoms with Gasteiger partial charge in [-0.3, -0.25) is 4.79 Å². The van der Waals surface area contributed by atoms with Gasteiger partial charge in [0.05, 0.1) is 18.4 Å². The van der Waals surface area contributed by atoms with E-state index < -0.39 is 11.7 Å². The van der Waals surface area contributed by atoms with Crippen molar-refractivity contribution in [1.29, 1.82) is 0 Å². The van der Waals surface area contributed by atoms with Crippen molar-refractivity contribution in [3.05, 3.63) is 59.7 Å². The topological polar surface area (TPSA) is 32.8 Å². The van der Waals surface area contributed by atoms with Crippen LogP contribution in [0.15, 0.2) is 48.5 Å². The van der Waals surface area contributed by atoms with Crippen LogP contribution in [0.4, 0.5) is 18.9 Å². The molecule has 2 aromatic carbocycles. The van der Waals surface area contributed by atoms with E-state index in [1.807, 2.05) is 24.3 Å². The van der Waals surface area contributed by atoms with Crippen LogP contribution in [0.3, 0.4) is 0 Å². The highest BCUT2D eigenvalue weighted by atomic mass is 32.2. The Morgan fingerprint density at radius 2 is 1.69 bits per heavy atom. The largest absolute Gasteiger partial charge is 0.497 e. The number of carbonyl (C=O) groups excluding carboxylic acids is 1. The number of methoxy groups -OCH3 is 1. The molecule has 2 aromatic rings. The fraction of sp³-hybridized carbons (Fsp3) is 0.381. The summed E-state index contributed by atoms with van der Waals surface area (Å²) in [7, 11) is 1.62. The fourth-order valence-electron chi connectivity index (χ4n) is 3.27. The molecule has 1 aliphatic heterocycles. The fourth-order valence-corrected chi connectivity index (χ4v) is 4.20. The van der Waals surface area contributed by atoms with Crippen molar-refractivity contribution >= 4 is 23.4 Å². The molecule has 8 heteroatoms. The van der Waals surface area contributed by atoms with Crippen LogP contribution in [-0.4, -0.2) is 49.8 Å². The molecular weight excluding hydrogens is 401 g/mol. The summed E-state index contributed by atoms with van der Waals surface area (Å²) in [5.74, 6) is 1.10. The molecule has 0 aliphatic carbocycles. The quantitative estimate of drug-likeness (QED) is 0.693. The summed E-state index contributed by atoms with van der Waals surface area (Å²) in [4.78, 5) is 16.4. The molecular formula is C21H23F3N2O2S. The third kappa shape index (κ3) is 5.59. The lowest BCUT2D eigenvalue weighted by Gasteiger charge is -2.36. The molecule has 3 rings (SSSR count). The second-order valence-electron chi connectivity index (χ2n) is 6.71. The first-order valence-corrected chi connectivity index (χ1v) is 10.4. The van der Waals surface area contributed by atoms with Gasteiger partial charge < -0.3 is 14.5 Å². The molecule has 156 valence electrons. The van der Waals surface area contributed by atoms with E-state index in [0.717, 1.165) is 30.6 Å². The summed E-state index contributed by atoms with van der Waals surface area (Å²) in [6.07, 6.45) is -4.38. The Labute approximate surface area is 172 Å². The number of rotatable bonds is 6. The van der Waals surface area contributed by atoms with Crippen LogP contribution in [0, 0.1) is 0 Å². The number of hydrogen-bond acceptors (Lipinski definition) is 4. The highest BCUT2D eigenvalue weighted by Gasteiger charge is 2.32. The summed E-state index contributed by atoms with van der Waals surface area (Å²) in [6, 6.07) is 13.3. The van der Waals surface area contributed by atoms with Crippen LogP contribution in [0.5, 0.6) is 5.75 Å². The minimum absolute atomic E-state index is 0.0335. The number of amides is 1. The summed E-state index contributed by atoms with van der Waals surface area (Å²) in [6.45, 7) is 2.65. The van der Waals surface area contributed by atoms with Crippen LogP contribution < -0.4 is 9.64 Å². The number of carbonyl (C=O) groups is 1. The van der Waals surface area contributed by atoms with Crippen molar-refractivity contribution in [2.24, 2.45) is 0 Å². The Hall–Kier alpha value is -2.35. The van der Waals surface area contributed by atoms with Crippen LogP contribution in [0.2, 0.25) is 0 Å². The zero-order chi connectivity index (χ0) is 20.9. The zero-order valence-corrected chi connectivity index (χ0v) is 16.9. The number of nitrogens with zero attached hydrogens (tertiary/aromatic N) is 2. The number of anilines is 1. The minimum Gasteiger partial charge on any atom is -0.497 e. The molecule has 1 heterocycles. The summed E-state index contributed by atoms with van der Waals surface area (Å²) in [5, 5.41) is 0. The Kier molecular flexibility index (Phi) is 6.95. The third-order valence-corrected chi connectivity index (χ3v) is 5.84. The number of alkyl halides is 3. The molecule has 1 amide bonds. The number of hydrogen-bond donors (Lipinski definition) is 0. The van der Waals surface area contributed by atoms with Gasteiger partial charge in [-0.05, 0) is 35.9 Å². The summed E-state index contributed by atoms with van der Waals surface area (Å²) in [5.41, 5.74) is 0.659. The van der Waals surface area contributed by atoms with E-state index in [4.69, 9.17) is 4.74 Å². The van der Waals surface area contributed by atoms with Crippen molar-refractivity contribution in [2.75, 3.05) is 43.9 Å². The van der Waals surface area contributed by atoms with Gasteiger partial charge >= 0.3 is 6.18 Å². The Balaban J connectivity index is 1.47. The van der Waals surface area contributed by atoms with Crippen molar-refractivity contribution in [1.82, 2.24) is 4.90 Å². The van der Waals surface area contributed by atoms with Gasteiger partial charge in [-0.25, -0.2) is 0 Å². The van der Waals surface area contributed by atoms with E-state index >= 15 is 0 Å². The normalized spacial score (nSPS) is 14.8. The molecule has 0 unspecified atom stereocenters. The van der Waals surface area contributed by atoms with Gasteiger partial charge in [-0.2, -0.15) is 13.2 Å². The number of halogens is 3. The van der Waals surface area contributed by atoms with Crippen LogP contribution in [0.25, 0.3) is 0 Å². The van der Waals surface area contributed by atoms with Gasteiger partial charge in [-0.15, -0.1) is 11.8 Å². The highest BCUT2D eigenvalue weighted by Crippen LogP contribution is 2.33. The molecule has 0 atom stereocenters. The number of ether oxygens (including phenoxy) is 1. The molecule has 1 fully saturated rings.